The average Bonchev–Trinajstić information content (AvgIpc) is 3.84. The van der Waals surface area contributed by atoms with Gasteiger partial charge in [0.1, 0.15) is 0 Å². The maximum Gasteiger partial charge on any atom is 2.00 e. The van der Waals surface area contributed by atoms with Crippen molar-refractivity contribution in [1.82, 2.24) is 39.9 Å². The molecule has 0 saturated carbocycles. The Kier molecular flexibility index (Phi) is 16.9. The number of benzene rings is 1. The number of aryl methyl sites for hydroxylation is 1. The number of nitrogens with zero attached hydrogens (tertiary/aromatic N) is 8. The minimum atomic E-state index is 0. The molecule has 5 heterocycles. The molecule has 0 atom stereocenters. The summed E-state index contributed by atoms with van der Waals surface area (Å²) < 4.78 is 0. The predicted octanol–water partition coefficient (Wildman–Crippen LogP) is 9.93. The van der Waals surface area contributed by atoms with Gasteiger partial charge in [-0.15, -0.1) is 0 Å². The molecule has 8 nitrogen and oxygen atoms in total. The predicted molar refractivity (Wildman–Crippen MR) is 202 cm³/mol. The van der Waals surface area contributed by atoms with Crippen molar-refractivity contribution >= 4 is 61.7 Å². The molecule has 2 aliphatic heterocycles. The van der Waals surface area contributed by atoms with Crippen molar-refractivity contribution in [3.8, 4) is 0 Å². The van der Waals surface area contributed by atoms with Crippen LogP contribution < -0.4 is 9.97 Å². The van der Waals surface area contributed by atoms with Gasteiger partial charge in [-0.05, 0) is 28.8 Å². The molecule has 0 saturated heterocycles. The second-order valence-corrected chi connectivity index (χ2v) is 8.74. The van der Waals surface area contributed by atoms with Crippen LogP contribution in [-0.4, -0.2) is 29.9 Å². The monoisotopic (exact) mass is 690 g/mol. The SMILES string of the molecule is C=CC1=C(C=C)c2nc1nc1[n-]c(nc3nc(nc4[n-]c(n2)c2ccccc42)C(C=C)=C3C=C)c(C=C)c1C.CC.CC.CC.CC.[Zn+2]. The van der Waals surface area contributed by atoms with Crippen LogP contribution in [0.5, 0.6) is 0 Å². The van der Waals surface area contributed by atoms with Gasteiger partial charge in [0.15, 0.2) is 0 Å². The molecule has 8 bridgehead atoms. The Labute approximate surface area is 298 Å². The molecular weight excluding hydrogens is 646 g/mol. The van der Waals surface area contributed by atoms with E-state index in [2.05, 4.69) is 32.9 Å². The molecule has 1 aromatic carbocycles. The van der Waals surface area contributed by atoms with E-state index in [1.54, 1.807) is 30.4 Å². The van der Waals surface area contributed by atoms with Crippen molar-refractivity contribution in [2.24, 2.45) is 0 Å². The average molecular weight is 692 g/mol. The summed E-state index contributed by atoms with van der Waals surface area (Å²) in [4.78, 5) is 38.2. The maximum atomic E-state index is 4.84. The third-order valence-electron chi connectivity index (χ3n) is 6.65. The zero-order valence-electron chi connectivity index (χ0n) is 30.0. The maximum absolute atomic E-state index is 4.84. The first-order chi connectivity index (χ1) is 23.0. The van der Waals surface area contributed by atoms with Gasteiger partial charge in [-0.2, -0.15) is 0 Å². The summed E-state index contributed by atoms with van der Waals surface area (Å²) in [6, 6.07) is 7.75. The molecule has 3 aromatic heterocycles. The summed E-state index contributed by atoms with van der Waals surface area (Å²) in [5.41, 5.74) is 6.14. The minimum absolute atomic E-state index is 0. The Balaban J connectivity index is 0.00000119. The van der Waals surface area contributed by atoms with Crippen molar-refractivity contribution in [1.29, 1.82) is 0 Å². The van der Waals surface area contributed by atoms with Crippen LogP contribution in [0.1, 0.15) is 89.8 Å². The number of hydrogen-bond donors (Lipinski definition) is 0. The van der Waals surface area contributed by atoms with E-state index in [0.717, 1.165) is 21.9 Å². The molecule has 6 rings (SSSR count). The van der Waals surface area contributed by atoms with Crippen molar-refractivity contribution in [3.05, 3.63) is 116 Å². The normalized spacial score (nSPS) is 11.1. The standard InChI is InChI=1S/C31H22N8.4C2H6.Zn/c1-7-17-16(6)24-32-25(17)34-27-20(10-4)21(11-5)29(36-27)38-31-23-15-13-12-14-22(23)30(39-31)37-28-19(9-3)18(8-2)26(33-24)35-28;4*1-2;/h7-15H,1-5H2,6H3;4*1-2H3;/q-2;;;;;+2. The van der Waals surface area contributed by atoms with Gasteiger partial charge >= 0.3 is 19.5 Å². The number of fused-ring (bicyclic) bond motifs is 11. The van der Waals surface area contributed by atoms with Crippen LogP contribution in [0.4, 0.5) is 0 Å². The van der Waals surface area contributed by atoms with Crippen LogP contribution >= 0.6 is 0 Å². The van der Waals surface area contributed by atoms with E-state index < -0.39 is 0 Å². The molecule has 0 aliphatic carbocycles. The van der Waals surface area contributed by atoms with E-state index in [4.69, 9.17) is 39.9 Å². The van der Waals surface area contributed by atoms with Gasteiger partial charge in [0, 0.05) is 44.9 Å². The third-order valence-corrected chi connectivity index (χ3v) is 6.65. The molecule has 4 aromatic rings. The van der Waals surface area contributed by atoms with Crippen LogP contribution in [0.25, 0.3) is 61.7 Å². The molecule has 9 heteroatoms. The van der Waals surface area contributed by atoms with E-state index in [-0.39, 0.29) is 19.5 Å². The first-order valence-corrected chi connectivity index (χ1v) is 16.1. The van der Waals surface area contributed by atoms with Crippen molar-refractivity contribution in [2.45, 2.75) is 62.3 Å². The van der Waals surface area contributed by atoms with Gasteiger partial charge in [0.2, 0.25) is 0 Å². The Morgan fingerprint density at radius 1 is 0.458 bits per heavy atom. The molecule has 0 unspecified atom stereocenters. The van der Waals surface area contributed by atoms with E-state index in [1.807, 2.05) is 86.6 Å². The molecule has 0 amide bonds. The Morgan fingerprint density at radius 2 is 0.771 bits per heavy atom. The van der Waals surface area contributed by atoms with Gasteiger partial charge in [-0.1, -0.05) is 143 Å². The Bertz CT molecular complexity index is 2020. The first-order valence-electron chi connectivity index (χ1n) is 16.1. The first kappa shape index (κ1) is 41.1. The molecule has 0 N–H and O–H groups in total. The largest absolute Gasteiger partial charge is 2.00 e. The van der Waals surface area contributed by atoms with Gasteiger partial charge < -0.3 is 29.9 Å². The van der Waals surface area contributed by atoms with Crippen LogP contribution in [0.15, 0.2) is 81.5 Å². The summed E-state index contributed by atoms with van der Waals surface area (Å²) in [6.07, 6.45) is 8.45. The fourth-order valence-electron chi connectivity index (χ4n) is 4.71. The minimum Gasteiger partial charge on any atom is -0.357 e. The number of hydrogen-bond acceptors (Lipinski definition) is 6. The van der Waals surface area contributed by atoms with Crippen LogP contribution in [0.3, 0.4) is 0 Å². The molecule has 0 spiro atoms. The van der Waals surface area contributed by atoms with Crippen molar-refractivity contribution in [3.63, 3.8) is 0 Å². The van der Waals surface area contributed by atoms with Gasteiger partial charge in [-0.25, -0.2) is 9.97 Å². The Hall–Kier alpha value is -4.88. The fraction of sp³-hybridized carbons (Fsp3) is 0.231. The van der Waals surface area contributed by atoms with E-state index in [1.165, 1.54) is 0 Å². The Morgan fingerprint density at radius 3 is 1.10 bits per heavy atom. The molecule has 48 heavy (non-hydrogen) atoms. The van der Waals surface area contributed by atoms with Gasteiger partial charge in [0.05, 0.1) is 23.3 Å². The molecule has 0 fully saturated rings. The third kappa shape index (κ3) is 7.80. The second kappa shape index (κ2) is 19.7. The summed E-state index contributed by atoms with van der Waals surface area (Å²) >= 11 is 0. The molecular formula is C39H46N8Zn. The number of rotatable bonds is 5. The summed E-state index contributed by atoms with van der Waals surface area (Å²) in [5.74, 6) is 1.67. The fourth-order valence-corrected chi connectivity index (χ4v) is 4.71. The zero-order chi connectivity index (χ0) is 35.3. The van der Waals surface area contributed by atoms with Crippen molar-refractivity contribution < 1.29 is 19.5 Å². The smallest absolute Gasteiger partial charge is 0.357 e. The zero-order valence-corrected chi connectivity index (χ0v) is 33.0. The van der Waals surface area contributed by atoms with Crippen LogP contribution in [0.2, 0.25) is 0 Å². The van der Waals surface area contributed by atoms with Crippen LogP contribution in [-0.2, 0) is 19.5 Å². The van der Waals surface area contributed by atoms with E-state index >= 15 is 0 Å². The topological polar surface area (TPSA) is 106 Å². The molecule has 0 radical (unpaired) electrons. The summed E-state index contributed by atoms with van der Waals surface area (Å²) in [5, 5.41) is 1.65. The summed E-state index contributed by atoms with van der Waals surface area (Å²) in [6.45, 7) is 37.8. The molecule has 244 valence electrons. The van der Waals surface area contributed by atoms with Crippen LogP contribution in [0, 0.1) is 6.92 Å². The van der Waals surface area contributed by atoms with Gasteiger partial charge in [-0.3, -0.25) is 0 Å². The van der Waals surface area contributed by atoms with Crippen molar-refractivity contribution in [2.75, 3.05) is 0 Å². The van der Waals surface area contributed by atoms with E-state index in [0.29, 0.717) is 68.2 Å². The summed E-state index contributed by atoms with van der Waals surface area (Å²) in [7, 11) is 0. The number of aromatic nitrogens is 8. The van der Waals surface area contributed by atoms with E-state index in [9.17, 15) is 0 Å². The quantitative estimate of drug-likeness (QED) is 0.190. The molecule has 2 aliphatic rings. The number of allylic oxidation sites excluding steroid dienone is 8. The van der Waals surface area contributed by atoms with Gasteiger partial charge in [0.25, 0.3) is 0 Å². The second-order valence-electron chi connectivity index (χ2n) is 8.74.